The summed E-state index contributed by atoms with van der Waals surface area (Å²) in [6.07, 6.45) is -0.751. The van der Waals surface area contributed by atoms with Crippen LogP contribution in [0.25, 0.3) is 5.95 Å². The van der Waals surface area contributed by atoms with E-state index in [1.54, 1.807) is 0 Å². The number of methoxy groups -OCH3 is 1. The Morgan fingerprint density at radius 3 is 2.70 bits per heavy atom. The molecule has 0 spiro atoms. The topological polar surface area (TPSA) is 153 Å². The summed E-state index contributed by atoms with van der Waals surface area (Å²) in [6, 6.07) is 0. The van der Waals surface area contributed by atoms with Crippen molar-refractivity contribution in [1.29, 1.82) is 0 Å². The first-order valence-electron chi connectivity index (χ1n) is 6.91. The molecule has 0 aliphatic carbocycles. The van der Waals surface area contributed by atoms with Crippen molar-refractivity contribution in [2.24, 2.45) is 0 Å². The molecule has 0 atom stereocenters. The maximum atomic E-state index is 12.0. The molecule has 12 heteroatoms. The predicted octanol–water partition coefficient (Wildman–Crippen LogP) is -0.793. The number of nitrogens with one attached hydrogen (secondary N) is 5. The second-order valence-corrected chi connectivity index (χ2v) is 4.21. The number of nitrogens with zero attached hydrogens (tertiary/aromatic N) is 4. The van der Waals surface area contributed by atoms with Gasteiger partial charge in [-0.1, -0.05) is 19.7 Å². The molecule has 2 heterocycles. The van der Waals surface area contributed by atoms with E-state index in [-0.39, 0.29) is 11.9 Å². The number of aromatic nitrogens is 6. The van der Waals surface area contributed by atoms with Crippen molar-refractivity contribution in [2.45, 2.75) is 13.8 Å². The molecule has 1 amide bonds. The Kier molecular flexibility index (Phi) is 5.07. The van der Waals surface area contributed by atoms with Crippen molar-refractivity contribution in [3.63, 3.8) is 0 Å². The van der Waals surface area contributed by atoms with Crippen LogP contribution in [0.5, 0.6) is 0 Å². The van der Waals surface area contributed by atoms with Crippen LogP contribution in [0.1, 0.15) is 13.8 Å². The number of hydrogen-bond acceptors (Lipinski definition) is 8. The van der Waals surface area contributed by atoms with Crippen LogP contribution in [0, 0.1) is 0 Å². The van der Waals surface area contributed by atoms with E-state index < -0.39 is 11.8 Å². The van der Waals surface area contributed by atoms with Crippen LogP contribution in [0.4, 0.5) is 22.6 Å². The van der Waals surface area contributed by atoms with Crippen molar-refractivity contribution in [1.82, 2.24) is 24.7 Å². The third kappa shape index (κ3) is 3.93. The fourth-order valence-corrected chi connectivity index (χ4v) is 1.65. The minimum atomic E-state index is -0.751. The maximum absolute atomic E-state index is 12.0. The maximum Gasteiger partial charge on any atom is 0.413 e. The van der Waals surface area contributed by atoms with Gasteiger partial charge in [-0.25, -0.2) is 14.6 Å². The highest BCUT2D eigenvalue weighted by atomic mass is 16.5. The van der Waals surface area contributed by atoms with Gasteiger partial charge >= 0.3 is 29.6 Å². The molecule has 0 fully saturated rings. The zero-order valence-electron chi connectivity index (χ0n) is 12.9. The Bertz CT molecular complexity index is 714. The quantitative estimate of drug-likeness (QED) is 0.539. The van der Waals surface area contributed by atoms with Gasteiger partial charge in [0.2, 0.25) is 5.95 Å². The molecule has 0 unspecified atom stereocenters. The summed E-state index contributed by atoms with van der Waals surface area (Å²) in [5.41, 5.74) is -0.587. The van der Waals surface area contributed by atoms with Crippen LogP contribution in [0.3, 0.4) is 0 Å². The number of anilines is 3. The van der Waals surface area contributed by atoms with Gasteiger partial charge in [-0.3, -0.25) is 10.3 Å². The smallest absolute Gasteiger partial charge is 0.413 e. The lowest BCUT2D eigenvalue weighted by molar-refractivity contribution is -0.366. The number of ether oxygens (including phenoxy) is 1. The van der Waals surface area contributed by atoms with E-state index in [1.165, 1.54) is 7.11 Å². The molecule has 2 rings (SSSR count). The highest BCUT2D eigenvalue weighted by Gasteiger charge is 2.19. The first kappa shape index (κ1) is 16.2. The molecule has 12 nitrogen and oxygen atoms in total. The summed E-state index contributed by atoms with van der Waals surface area (Å²) in [5.74, 6) is 0.815. The van der Waals surface area contributed by atoms with Crippen LogP contribution in [-0.4, -0.2) is 51.0 Å². The number of aromatic amines is 2. The second kappa shape index (κ2) is 7.20. The molecule has 0 saturated carbocycles. The van der Waals surface area contributed by atoms with Gasteiger partial charge in [0.1, 0.15) is 0 Å². The summed E-state index contributed by atoms with van der Waals surface area (Å²) in [6.45, 7) is 5.04. The van der Waals surface area contributed by atoms with Crippen molar-refractivity contribution in [3.8, 4) is 5.95 Å². The Labute approximate surface area is 130 Å². The first-order valence-corrected chi connectivity index (χ1v) is 6.91. The van der Waals surface area contributed by atoms with Gasteiger partial charge in [0.25, 0.3) is 0 Å². The van der Waals surface area contributed by atoms with Crippen molar-refractivity contribution in [3.05, 3.63) is 10.5 Å². The zero-order chi connectivity index (χ0) is 16.8. The van der Waals surface area contributed by atoms with Gasteiger partial charge in [0.05, 0.1) is 7.11 Å². The molecule has 0 radical (unpaired) electrons. The fourth-order valence-electron chi connectivity index (χ4n) is 1.65. The Hall–Kier alpha value is -3.18. The molecule has 0 saturated heterocycles. The van der Waals surface area contributed by atoms with Gasteiger partial charge in [-0.05, 0) is 13.8 Å². The number of carbonyl (C=O) groups excluding carboxylic acids is 1. The van der Waals surface area contributed by atoms with E-state index >= 15 is 0 Å². The lowest BCUT2D eigenvalue weighted by atomic mass is 10.7. The molecular formula is C11H18N9O3+. The van der Waals surface area contributed by atoms with Crippen LogP contribution >= 0.6 is 0 Å². The van der Waals surface area contributed by atoms with E-state index in [0.29, 0.717) is 25.0 Å². The minimum absolute atomic E-state index is 0.0659. The fraction of sp³-hybridized carbons (Fsp3) is 0.455. The number of rotatable bonds is 6. The third-order valence-corrected chi connectivity index (χ3v) is 2.56. The van der Waals surface area contributed by atoms with Crippen LogP contribution in [0.15, 0.2) is 4.79 Å². The third-order valence-electron chi connectivity index (χ3n) is 2.56. The molecule has 2 aromatic rings. The molecule has 0 aliphatic heterocycles. The van der Waals surface area contributed by atoms with Crippen LogP contribution in [0.2, 0.25) is 0 Å². The van der Waals surface area contributed by atoms with Gasteiger partial charge in [-0.2, -0.15) is 0 Å². The van der Waals surface area contributed by atoms with E-state index in [2.05, 4.69) is 45.7 Å². The van der Waals surface area contributed by atoms with E-state index in [1.807, 2.05) is 13.8 Å². The monoisotopic (exact) mass is 324 g/mol. The number of hydrogen-bond donors (Lipinski definition) is 4. The average Bonchev–Trinajstić information content (AvgIpc) is 2.88. The summed E-state index contributed by atoms with van der Waals surface area (Å²) in [4.78, 5) is 36.7. The Morgan fingerprint density at radius 1 is 1.30 bits per heavy atom. The molecular weight excluding hydrogens is 306 g/mol. The second-order valence-electron chi connectivity index (χ2n) is 4.21. The Morgan fingerprint density at radius 2 is 2.04 bits per heavy atom. The number of amides is 1. The molecule has 0 aromatic carbocycles. The summed E-state index contributed by atoms with van der Waals surface area (Å²) < 4.78 is 5.40. The van der Waals surface area contributed by atoms with Crippen LogP contribution in [-0.2, 0) is 4.74 Å². The minimum Gasteiger partial charge on any atom is -0.453 e. The Balaban J connectivity index is 2.40. The highest BCUT2D eigenvalue weighted by Crippen LogP contribution is 2.04. The molecule has 5 N–H and O–H groups in total. The largest absolute Gasteiger partial charge is 0.453 e. The molecule has 0 bridgehead atoms. The lowest BCUT2D eigenvalue weighted by Crippen LogP contribution is -2.29. The summed E-state index contributed by atoms with van der Waals surface area (Å²) in [7, 11) is 1.20. The summed E-state index contributed by atoms with van der Waals surface area (Å²) >= 11 is 0. The zero-order valence-corrected chi connectivity index (χ0v) is 12.9. The SMILES string of the molecule is CCNc1nc(NCC)[nH+]c(-n2nc(NC(=O)OC)[nH]c2=O)n1. The highest BCUT2D eigenvalue weighted by molar-refractivity contribution is 5.81. The number of carbonyl (C=O) groups is 1. The lowest BCUT2D eigenvalue weighted by Gasteiger charge is -2.01. The van der Waals surface area contributed by atoms with Gasteiger partial charge in [-0.15, -0.1) is 0 Å². The molecule has 124 valence electrons. The van der Waals surface area contributed by atoms with Crippen molar-refractivity contribution < 1.29 is 14.5 Å². The number of H-pyrrole nitrogens is 2. The first-order chi connectivity index (χ1) is 11.1. The summed E-state index contributed by atoms with van der Waals surface area (Å²) in [5, 5.41) is 12.1. The van der Waals surface area contributed by atoms with Gasteiger partial charge < -0.3 is 15.4 Å². The standard InChI is InChI=1S/C11H17N9O3/c1-4-12-6-14-7(13-5-2)16-9(15-6)20-10(21)17-8(19-20)18-11(22)23-3/h4-5H2,1-3H3,(H2,12,13,14,15,16)(H2,17,18,19,21,22)/p+1. The van der Waals surface area contributed by atoms with Crippen molar-refractivity contribution in [2.75, 3.05) is 36.1 Å². The van der Waals surface area contributed by atoms with Crippen molar-refractivity contribution >= 4 is 23.9 Å². The molecule has 0 aliphatic rings. The van der Waals surface area contributed by atoms with Crippen LogP contribution < -0.4 is 26.6 Å². The predicted molar refractivity (Wildman–Crippen MR) is 80.7 cm³/mol. The van der Waals surface area contributed by atoms with E-state index in [0.717, 1.165) is 4.68 Å². The van der Waals surface area contributed by atoms with E-state index in [4.69, 9.17) is 0 Å². The van der Waals surface area contributed by atoms with E-state index in [9.17, 15) is 9.59 Å². The van der Waals surface area contributed by atoms with Gasteiger partial charge in [0.15, 0.2) is 0 Å². The van der Waals surface area contributed by atoms with Gasteiger partial charge in [0, 0.05) is 13.1 Å². The normalized spacial score (nSPS) is 10.2. The average molecular weight is 324 g/mol. The molecule has 23 heavy (non-hydrogen) atoms. The molecule has 2 aromatic heterocycles.